The summed E-state index contributed by atoms with van der Waals surface area (Å²) in [6, 6.07) is 5.35. The maximum absolute atomic E-state index is 13.1. The van der Waals surface area contributed by atoms with Crippen molar-refractivity contribution in [1.29, 1.82) is 0 Å². The Kier molecular flexibility index (Phi) is 20.5. The van der Waals surface area contributed by atoms with Gasteiger partial charge in [-0.3, -0.25) is 4.79 Å². The van der Waals surface area contributed by atoms with Crippen molar-refractivity contribution in [2.24, 2.45) is 11.8 Å². The molecule has 61 heavy (non-hydrogen) atoms. The zero-order valence-corrected chi connectivity index (χ0v) is 33.6. The average Bonchev–Trinajstić information content (AvgIpc) is 3.86. The second kappa shape index (κ2) is 22.6. The minimum atomic E-state index is -6.52. The topological polar surface area (TPSA) is 264 Å². The third-order valence-corrected chi connectivity index (χ3v) is 11.7. The van der Waals surface area contributed by atoms with E-state index in [0.29, 0.717) is 12.8 Å². The lowest BCUT2D eigenvalue weighted by Gasteiger charge is -2.30. The number of furan rings is 1. The Labute approximate surface area is 342 Å². The van der Waals surface area contributed by atoms with Crippen molar-refractivity contribution in [2.45, 2.75) is 85.6 Å². The Morgan fingerprint density at radius 1 is 0.705 bits per heavy atom. The molecule has 0 bridgehead atoms. The van der Waals surface area contributed by atoms with Gasteiger partial charge in [0.25, 0.3) is 0 Å². The van der Waals surface area contributed by atoms with Crippen molar-refractivity contribution in [3.05, 3.63) is 46.5 Å². The van der Waals surface area contributed by atoms with Crippen molar-refractivity contribution >= 4 is 59.6 Å². The summed E-state index contributed by atoms with van der Waals surface area (Å²) in [6.45, 7) is -2.67. The largest absolute Gasteiger partial charge is 0.747 e. The smallest absolute Gasteiger partial charge is 0.404 e. The van der Waals surface area contributed by atoms with Gasteiger partial charge in [0.2, 0.25) is 5.76 Å². The molecule has 0 amide bonds. The zero-order chi connectivity index (χ0) is 47.3. The van der Waals surface area contributed by atoms with Gasteiger partial charge in [0.05, 0.1) is 32.0 Å². The van der Waals surface area contributed by atoms with Gasteiger partial charge >= 0.3 is 40.8 Å². The molecule has 0 aromatic carbocycles. The number of halogens is 11. The number of hydrogen-bond acceptors (Lipinski definition) is 17. The summed E-state index contributed by atoms with van der Waals surface area (Å²) < 4.78 is 250. The lowest BCUT2D eigenvalue weighted by Crippen LogP contribution is -2.45. The van der Waals surface area contributed by atoms with E-state index in [1.165, 1.54) is 29.6 Å². The van der Waals surface area contributed by atoms with Crippen LogP contribution in [0.15, 0.2) is 40.3 Å². The van der Waals surface area contributed by atoms with Crippen LogP contribution in [0, 0.1) is 11.8 Å². The first-order chi connectivity index (χ1) is 27.7. The first-order valence-corrected chi connectivity index (χ1v) is 21.8. The Balaban J connectivity index is 0.000000459. The Bertz CT molecular complexity index is 2020. The zero-order valence-electron chi connectivity index (χ0n) is 30.4. The highest BCUT2D eigenvalue weighted by Crippen LogP contribution is 2.43. The highest BCUT2D eigenvalue weighted by atomic mass is 32.2. The highest BCUT2D eigenvalue weighted by Gasteiger charge is 2.59. The maximum Gasteiger partial charge on any atom is 0.404 e. The fourth-order valence-electron chi connectivity index (χ4n) is 4.67. The van der Waals surface area contributed by atoms with E-state index in [-0.39, 0.29) is 16.6 Å². The van der Waals surface area contributed by atoms with Crippen molar-refractivity contribution in [2.75, 3.05) is 19.8 Å². The molecule has 3 rings (SSSR count). The Hall–Kier alpha value is -3.65. The monoisotopic (exact) mass is 985 g/mol. The van der Waals surface area contributed by atoms with Gasteiger partial charge in [-0.15, -0.1) is 11.3 Å². The van der Waals surface area contributed by atoms with Crippen LogP contribution >= 0.6 is 11.3 Å². The average molecular weight is 986 g/mol. The molecular weight excluding hydrogens is 954 g/mol. The van der Waals surface area contributed by atoms with Crippen molar-refractivity contribution in [1.82, 2.24) is 0 Å². The number of esters is 3. The SMILES string of the molecule is O=C(OCCC(C(F)(F)F)C(F)(F)S(=O)(=O)[O-])c1cccs1.O=C(OCCC(C(F)(F)F)S(=O)(=O)[O-])C1CCCCC1.O=C(OCCC(F)C(F)(F)S(=O)(=O)[O-])c1ccco1. The summed E-state index contributed by atoms with van der Waals surface area (Å²) in [5, 5.41) is -12.2. The van der Waals surface area contributed by atoms with Gasteiger partial charge in [-0.25, -0.2) is 39.2 Å². The van der Waals surface area contributed by atoms with Gasteiger partial charge in [0.1, 0.15) is 26.2 Å². The summed E-state index contributed by atoms with van der Waals surface area (Å²) in [6.07, 6.45) is -12.7. The lowest BCUT2D eigenvalue weighted by molar-refractivity contribution is -0.222. The molecular formula is C30H32F11O16S4-3. The number of ether oxygens (including phenoxy) is 3. The Morgan fingerprint density at radius 2 is 1.23 bits per heavy atom. The van der Waals surface area contributed by atoms with E-state index in [2.05, 4.69) is 18.6 Å². The number of alkyl halides is 11. The lowest BCUT2D eigenvalue weighted by atomic mass is 9.89. The van der Waals surface area contributed by atoms with Gasteiger partial charge in [0.15, 0.2) is 26.4 Å². The van der Waals surface area contributed by atoms with Gasteiger partial charge in [-0.1, -0.05) is 25.3 Å². The number of hydrogen-bond donors (Lipinski definition) is 0. The van der Waals surface area contributed by atoms with Crippen LogP contribution < -0.4 is 0 Å². The van der Waals surface area contributed by atoms with Gasteiger partial charge in [-0.2, -0.15) is 43.9 Å². The maximum atomic E-state index is 13.1. The van der Waals surface area contributed by atoms with Crippen LogP contribution in [0.3, 0.4) is 0 Å². The van der Waals surface area contributed by atoms with Crippen LogP contribution in [0.25, 0.3) is 0 Å². The third kappa shape index (κ3) is 17.9. The minimum Gasteiger partial charge on any atom is -0.747 e. The fraction of sp³-hybridized carbons (Fsp3) is 0.633. The van der Waals surface area contributed by atoms with E-state index in [9.17, 15) is 102 Å². The predicted octanol–water partition coefficient (Wildman–Crippen LogP) is 5.89. The Morgan fingerprint density at radius 3 is 1.67 bits per heavy atom. The fourth-order valence-corrected chi connectivity index (χ4v) is 7.03. The summed E-state index contributed by atoms with van der Waals surface area (Å²) >= 11 is 0.914. The molecule has 1 fully saturated rings. The van der Waals surface area contributed by atoms with Crippen LogP contribution in [0.2, 0.25) is 0 Å². The van der Waals surface area contributed by atoms with Crippen LogP contribution in [0.4, 0.5) is 48.3 Å². The number of carbonyl (C=O) groups is 3. The van der Waals surface area contributed by atoms with Crippen molar-refractivity contribution in [3.63, 3.8) is 0 Å². The molecule has 0 N–H and O–H groups in total. The van der Waals surface area contributed by atoms with Crippen molar-refractivity contribution in [3.8, 4) is 0 Å². The summed E-state index contributed by atoms with van der Waals surface area (Å²) in [5.41, 5.74) is 0. The van der Waals surface area contributed by atoms with Gasteiger partial charge in [-0.05, 0) is 42.8 Å². The van der Waals surface area contributed by atoms with Crippen LogP contribution in [-0.2, 0) is 49.4 Å². The molecule has 16 nitrogen and oxygen atoms in total. The molecule has 1 aliphatic carbocycles. The number of thiophene rings is 1. The molecule has 352 valence electrons. The molecule has 0 spiro atoms. The van der Waals surface area contributed by atoms with Gasteiger partial charge < -0.3 is 32.3 Å². The predicted molar refractivity (Wildman–Crippen MR) is 178 cm³/mol. The van der Waals surface area contributed by atoms with Gasteiger partial charge in [0, 0.05) is 12.8 Å². The van der Waals surface area contributed by atoms with E-state index in [1.54, 1.807) is 0 Å². The molecule has 3 unspecified atom stereocenters. The van der Waals surface area contributed by atoms with E-state index in [1.807, 2.05) is 0 Å². The first kappa shape index (κ1) is 55.4. The molecule has 3 atom stereocenters. The van der Waals surface area contributed by atoms with Crippen molar-refractivity contribution < 1.29 is 120 Å². The molecule has 31 heteroatoms. The molecule has 0 radical (unpaired) electrons. The molecule has 2 aromatic rings. The van der Waals surface area contributed by atoms with E-state index < -0.39 is 128 Å². The summed E-state index contributed by atoms with van der Waals surface area (Å²) in [7, 11) is -18.1. The number of carbonyl (C=O) groups excluding carboxylic acids is 3. The van der Waals surface area contributed by atoms with E-state index >= 15 is 0 Å². The molecule has 2 aromatic heterocycles. The molecule has 0 aliphatic heterocycles. The summed E-state index contributed by atoms with van der Waals surface area (Å²) in [5.74, 6) is -7.00. The van der Waals surface area contributed by atoms with Crippen LogP contribution in [0.5, 0.6) is 0 Å². The second-order valence-corrected chi connectivity index (χ2v) is 17.6. The quantitative estimate of drug-likeness (QED) is 0.0774. The van der Waals surface area contributed by atoms with E-state index in [4.69, 9.17) is 0 Å². The summed E-state index contributed by atoms with van der Waals surface area (Å²) in [4.78, 5) is 34.0. The third-order valence-electron chi connectivity index (χ3n) is 7.80. The van der Waals surface area contributed by atoms with E-state index in [0.717, 1.165) is 36.9 Å². The first-order valence-electron chi connectivity index (χ1n) is 16.6. The highest BCUT2D eigenvalue weighted by molar-refractivity contribution is 7.87. The molecule has 0 saturated heterocycles. The van der Waals surface area contributed by atoms with Crippen LogP contribution in [-0.4, -0.2) is 111 Å². The minimum absolute atomic E-state index is 0.0340. The normalized spacial score (nSPS) is 16.1. The second-order valence-electron chi connectivity index (χ2n) is 12.2. The van der Waals surface area contributed by atoms with Crippen LogP contribution in [0.1, 0.15) is 71.6 Å². The molecule has 2 heterocycles. The standard InChI is InChI=1S/C11H17F3O5S.C10H9F5O5S2.C9H9F3O6S/c12-11(13,14)9(20(16,17)18)6-7-19-10(15)8-4-2-1-3-5-8;11-9(12,13)7(10(14,15)22(17,18)19)3-4-20-8(16)6-2-1-5-21-6;10-7(9(11,12)19(14,15)16)3-5-18-8(13)6-2-1-4-17-6/h8-9H,1-7H2,(H,16,17,18);1-2,5,7H,3-4H2,(H,17,18,19);1-2,4,7H,3,5H2,(H,14,15,16)/p-3. The molecule has 1 saturated carbocycles. The number of rotatable bonds is 17. The molecule has 1 aliphatic rings.